The van der Waals surface area contributed by atoms with Crippen LogP contribution >= 0.6 is 23.2 Å². The summed E-state index contributed by atoms with van der Waals surface area (Å²) in [5, 5.41) is 15.1. The van der Waals surface area contributed by atoms with Crippen LogP contribution in [0.1, 0.15) is 30.4 Å². The summed E-state index contributed by atoms with van der Waals surface area (Å²) >= 11 is 12.1. The first-order valence-corrected chi connectivity index (χ1v) is 12.6. The van der Waals surface area contributed by atoms with Crippen LogP contribution in [-0.4, -0.2) is 54.3 Å². The lowest BCUT2D eigenvalue weighted by Gasteiger charge is -2.18. The Morgan fingerprint density at radius 2 is 1.85 bits per heavy atom. The molecule has 1 heterocycles. The molecule has 33 heavy (non-hydrogen) atoms. The summed E-state index contributed by atoms with van der Waals surface area (Å²) in [4.78, 5) is 8.56. The topological polar surface area (TPSA) is 116 Å². The Kier molecular flexibility index (Phi) is 8.60. The predicted molar refractivity (Wildman–Crippen MR) is 126 cm³/mol. The Balaban J connectivity index is 0.000000709. The van der Waals surface area contributed by atoms with Crippen LogP contribution < -0.4 is 4.72 Å². The maximum absolute atomic E-state index is 12.8. The third kappa shape index (κ3) is 7.05. The number of ether oxygens (including phenoxy) is 1. The third-order valence-electron chi connectivity index (χ3n) is 5.79. The fraction of sp³-hybridized carbons (Fsp3) is 0.409. The van der Waals surface area contributed by atoms with Crippen molar-refractivity contribution in [2.24, 2.45) is 5.92 Å². The van der Waals surface area contributed by atoms with E-state index in [1.807, 2.05) is 24.3 Å². The van der Waals surface area contributed by atoms with Crippen molar-refractivity contribution < 1.29 is 28.2 Å². The zero-order valence-electron chi connectivity index (χ0n) is 17.9. The molecule has 1 unspecified atom stereocenters. The molecule has 8 nitrogen and oxygen atoms in total. The molecule has 1 saturated carbocycles. The van der Waals surface area contributed by atoms with E-state index < -0.39 is 16.4 Å². The molecule has 1 aliphatic heterocycles. The fourth-order valence-electron chi connectivity index (χ4n) is 3.97. The second kappa shape index (κ2) is 11.0. The van der Waals surface area contributed by atoms with Crippen molar-refractivity contribution in [3.8, 4) is 0 Å². The van der Waals surface area contributed by atoms with E-state index in [0.717, 1.165) is 5.56 Å². The van der Waals surface area contributed by atoms with Gasteiger partial charge < -0.3 is 14.9 Å². The number of carbonyl (C=O) groups is 1. The molecule has 3 N–H and O–H groups in total. The minimum absolute atomic E-state index is 0.0600. The summed E-state index contributed by atoms with van der Waals surface area (Å²) in [6, 6.07) is 15.3. The van der Waals surface area contributed by atoms with Crippen LogP contribution in [0.2, 0.25) is 10.0 Å². The van der Waals surface area contributed by atoms with Crippen molar-refractivity contribution in [3.63, 3.8) is 0 Å². The number of rotatable bonds is 7. The Labute approximate surface area is 203 Å². The first kappa shape index (κ1) is 25.7. The van der Waals surface area contributed by atoms with E-state index in [2.05, 4.69) is 23.8 Å². The average molecular weight is 517 g/mol. The maximum atomic E-state index is 12.8. The van der Waals surface area contributed by atoms with Gasteiger partial charge in [0.25, 0.3) is 10.2 Å². The molecule has 180 valence electrons. The maximum Gasteiger partial charge on any atom is 0.503 e. The van der Waals surface area contributed by atoms with Crippen LogP contribution in [-0.2, 0) is 21.6 Å². The van der Waals surface area contributed by atoms with Crippen LogP contribution in [0, 0.1) is 5.92 Å². The van der Waals surface area contributed by atoms with Gasteiger partial charge in [-0.1, -0.05) is 66.5 Å². The van der Waals surface area contributed by atoms with Crippen LogP contribution in [0.3, 0.4) is 0 Å². The molecule has 0 amide bonds. The SMILES string of the molecule is C[C@H]1[C@H](NS(=O)(=O)N2CCC(OCc3ccc(Cl)cc3Cl)C2)[C@H]1c1ccccc1.O=C(O)O. The molecule has 2 aromatic rings. The molecule has 1 saturated heterocycles. The third-order valence-corrected chi connectivity index (χ3v) is 7.95. The van der Waals surface area contributed by atoms with Crippen molar-refractivity contribution in [1.82, 2.24) is 9.03 Å². The Bertz CT molecular complexity index is 1070. The van der Waals surface area contributed by atoms with Gasteiger partial charge in [0.15, 0.2) is 0 Å². The molecular weight excluding hydrogens is 491 g/mol. The lowest BCUT2D eigenvalue weighted by molar-refractivity contribution is 0.0509. The van der Waals surface area contributed by atoms with E-state index in [4.69, 9.17) is 42.9 Å². The number of hydrogen-bond donors (Lipinski definition) is 3. The van der Waals surface area contributed by atoms with E-state index >= 15 is 0 Å². The molecule has 2 aromatic carbocycles. The lowest BCUT2D eigenvalue weighted by atomic mass is 10.1. The Hall–Kier alpha value is -1.88. The molecule has 0 spiro atoms. The lowest BCUT2D eigenvalue weighted by Crippen LogP contribution is -2.41. The standard InChI is InChI=1S/C21H24Cl2N2O3S.CH2O3/c1-14-20(15-5-3-2-4-6-15)21(14)24-29(26,27)25-10-9-18(12-25)28-13-16-7-8-17(22)11-19(16)23;2-1(3)4/h2-8,11,14,18,20-21,24H,9-10,12-13H2,1H3;(H2,2,3,4)/t14-,18?,20-,21+;/m1./s1. The smallest absolute Gasteiger partial charge is 0.450 e. The van der Waals surface area contributed by atoms with Gasteiger partial charge in [-0.2, -0.15) is 17.4 Å². The normalized spacial score (nSPS) is 24.7. The number of benzene rings is 2. The zero-order valence-corrected chi connectivity index (χ0v) is 20.2. The number of halogens is 2. The first-order chi connectivity index (χ1) is 15.6. The van der Waals surface area contributed by atoms with E-state index in [0.29, 0.717) is 36.2 Å². The monoisotopic (exact) mass is 516 g/mol. The summed E-state index contributed by atoms with van der Waals surface area (Å²) < 4.78 is 36.0. The number of hydrogen-bond acceptors (Lipinski definition) is 4. The Morgan fingerprint density at radius 1 is 1.18 bits per heavy atom. The second-order valence-electron chi connectivity index (χ2n) is 8.04. The molecule has 0 aromatic heterocycles. The number of nitrogens with zero attached hydrogens (tertiary/aromatic N) is 1. The van der Waals surface area contributed by atoms with E-state index in [9.17, 15) is 8.42 Å². The molecule has 0 radical (unpaired) electrons. The minimum atomic E-state index is -3.54. The molecule has 4 rings (SSSR count). The molecular formula is C22H26Cl2N2O6S. The summed E-state index contributed by atoms with van der Waals surface area (Å²) in [7, 11) is -3.54. The summed E-state index contributed by atoms with van der Waals surface area (Å²) in [6.45, 7) is 3.21. The molecule has 0 bridgehead atoms. The second-order valence-corrected chi connectivity index (χ2v) is 10.6. The zero-order chi connectivity index (χ0) is 24.2. The van der Waals surface area contributed by atoms with Crippen molar-refractivity contribution in [3.05, 3.63) is 69.7 Å². The van der Waals surface area contributed by atoms with Crippen molar-refractivity contribution in [1.29, 1.82) is 0 Å². The largest absolute Gasteiger partial charge is 0.503 e. The van der Waals surface area contributed by atoms with Gasteiger partial charge in [0.1, 0.15) is 0 Å². The molecule has 11 heteroatoms. The van der Waals surface area contributed by atoms with Crippen LogP contribution in [0.5, 0.6) is 0 Å². The van der Waals surface area contributed by atoms with E-state index in [-0.39, 0.29) is 24.0 Å². The highest BCUT2D eigenvalue weighted by molar-refractivity contribution is 7.87. The van der Waals surface area contributed by atoms with E-state index in [1.54, 1.807) is 12.1 Å². The molecule has 2 fully saturated rings. The number of nitrogens with one attached hydrogen (secondary N) is 1. The quantitative estimate of drug-likeness (QED) is 0.500. The van der Waals surface area contributed by atoms with E-state index in [1.165, 1.54) is 9.87 Å². The van der Waals surface area contributed by atoms with Gasteiger partial charge in [-0.3, -0.25) is 0 Å². The van der Waals surface area contributed by atoms with Crippen molar-refractivity contribution in [2.45, 2.75) is 38.0 Å². The van der Waals surface area contributed by atoms with Gasteiger partial charge in [0.05, 0.1) is 12.7 Å². The van der Waals surface area contributed by atoms with Gasteiger partial charge in [-0.05, 0) is 35.6 Å². The minimum Gasteiger partial charge on any atom is -0.450 e. The number of carboxylic acid groups (broad SMARTS) is 2. The van der Waals surface area contributed by atoms with Crippen molar-refractivity contribution >= 4 is 39.6 Å². The highest BCUT2D eigenvalue weighted by Gasteiger charge is 2.50. The van der Waals surface area contributed by atoms with Gasteiger partial charge in [-0.15, -0.1) is 0 Å². The van der Waals surface area contributed by atoms with Gasteiger partial charge in [-0.25, -0.2) is 4.79 Å². The van der Waals surface area contributed by atoms with Gasteiger partial charge in [0, 0.05) is 35.1 Å². The average Bonchev–Trinajstić information content (AvgIpc) is 3.13. The van der Waals surface area contributed by atoms with Crippen LogP contribution in [0.4, 0.5) is 4.79 Å². The molecule has 4 atom stereocenters. The Morgan fingerprint density at radius 3 is 2.48 bits per heavy atom. The molecule has 2 aliphatic rings. The summed E-state index contributed by atoms with van der Waals surface area (Å²) in [6.07, 6.45) is -1.33. The van der Waals surface area contributed by atoms with Crippen molar-refractivity contribution in [2.75, 3.05) is 13.1 Å². The van der Waals surface area contributed by atoms with Crippen LogP contribution in [0.25, 0.3) is 0 Å². The highest BCUT2D eigenvalue weighted by Crippen LogP contribution is 2.47. The highest BCUT2D eigenvalue weighted by atomic mass is 35.5. The van der Waals surface area contributed by atoms with Gasteiger partial charge >= 0.3 is 6.16 Å². The van der Waals surface area contributed by atoms with Gasteiger partial charge in [0.2, 0.25) is 0 Å². The summed E-state index contributed by atoms with van der Waals surface area (Å²) in [5.74, 6) is 0.515. The summed E-state index contributed by atoms with van der Waals surface area (Å²) in [5.41, 5.74) is 2.02. The molecule has 1 aliphatic carbocycles. The first-order valence-electron chi connectivity index (χ1n) is 10.4. The fourth-order valence-corrected chi connectivity index (χ4v) is 6.00. The van der Waals surface area contributed by atoms with Crippen LogP contribution in [0.15, 0.2) is 48.5 Å². The predicted octanol–water partition coefficient (Wildman–Crippen LogP) is 4.44.